The zero-order valence-electron chi connectivity index (χ0n) is 23.2. The maximum Gasteiger partial charge on any atom is -0.0264 e. The van der Waals surface area contributed by atoms with Crippen LogP contribution in [-0.4, -0.2) is 0 Å². The first kappa shape index (κ1) is 24.7. The van der Waals surface area contributed by atoms with Gasteiger partial charge in [-0.2, -0.15) is 0 Å². The first-order valence-electron chi connectivity index (χ1n) is 15.8. The van der Waals surface area contributed by atoms with Crippen molar-refractivity contribution in [2.45, 2.75) is 144 Å². The van der Waals surface area contributed by atoms with Crippen LogP contribution in [-0.2, 0) is 0 Å². The molecule has 0 saturated heterocycles. The van der Waals surface area contributed by atoms with E-state index in [1.54, 1.807) is 70.6 Å². The van der Waals surface area contributed by atoms with E-state index < -0.39 is 0 Å². The van der Waals surface area contributed by atoms with Crippen molar-refractivity contribution in [1.29, 1.82) is 0 Å². The molecular formula is C33H58. The summed E-state index contributed by atoms with van der Waals surface area (Å²) in [6.45, 7) is 13.0. The summed E-state index contributed by atoms with van der Waals surface area (Å²) < 4.78 is 0. The molecule has 0 spiro atoms. The lowest BCUT2D eigenvalue weighted by atomic mass is 9.43. The van der Waals surface area contributed by atoms with E-state index in [0.29, 0.717) is 10.8 Å². The molecule has 5 aliphatic carbocycles. The summed E-state index contributed by atoms with van der Waals surface area (Å²) in [4.78, 5) is 0. The standard InChI is InChI=1S/C33H58/c1-23(2)10-9-11-24(3)29-16-17-30-28-15-14-27-22-26(25-12-7-6-8-13-25)18-20-32(27,4)31(28)19-21-33(29,30)5/h23-31H,6-22H2,1-5H3/t24-,26+,27+,28+,29-,30+,31+,32+,33-/m1/s1. The van der Waals surface area contributed by atoms with Crippen LogP contribution in [0.2, 0.25) is 0 Å². The fourth-order valence-electron chi connectivity index (χ4n) is 11.3. The Morgan fingerprint density at radius 1 is 0.667 bits per heavy atom. The Bertz CT molecular complexity index is 642. The Labute approximate surface area is 207 Å². The van der Waals surface area contributed by atoms with E-state index in [9.17, 15) is 0 Å². The maximum atomic E-state index is 2.80. The van der Waals surface area contributed by atoms with Crippen molar-refractivity contribution in [3.63, 3.8) is 0 Å². The quantitative estimate of drug-likeness (QED) is 0.374. The Balaban J connectivity index is 1.24. The maximum absolute atomic E-state index is 2.80. The molecule has 5 aliphatic rings. The molecule has 5 fully saturated rings. The van der Waals surface area contributed by atoms with Crippen LogP contribution in [0.5, 0.6) is 0 Å². The smallest absolute Gasteiger partial charge is 0.0264 e. The second kappa shape index (κ2) is 9.81. The summed E-state index contributed by atoms with van der Waals surface area (Å²) in [6, 6.07) is 0. The van der Waals surface area contributed by atoms with E-state index in [2.05, 4.69) is 34.6 Å². The Morgan fingerprint density at radius 2 is 1.39 bits per heavy atom. The zero-order chi connectivity index (χ0) is 23.2. The van der Waals surface area contributed by atoms with Crippen molar-refractivity contribution in [3.05, 3.63) is 0 Å². The highest BCUT2D eigenvalue weighted by molar-refractivity contribution is 5.10. The zero-order valence-corrected chi connectivity index (χ0v) is 23.2. The molecule has 0 aliphatic heterocycles. The van der Waals surface area contributed by atoms with Crippen LogP contribution < -0.4 is 0 Å². The molecule has 0 aromatic heterocycles. The van der Waals surface area contributed by atoms with Crippen molar-refractivity contribution in [2.75, 3.05) is 0 Å². The first-order valence-corrected chi connectivity index (χ1v) is 15.8. The van der Waals surface area contributed by atoms with Gasteiger partial charge in [0.15, 0.2) is 0 Å². The summed E-state index contributed by atoms with van der Waals surface area (Å²) in [6.07, 6.45) is 26.3. The topological polar surface area (TPSA) is 0 Å². The van der Waals surface area contributed by atoms with Gasteiger partial charge in [-0.25, -0.2) is 0 Å². The monoisotopic (exact) mass is 454 g/mol. The molecule has 5 rings (SSSR count). The molecule has 0 heterocycles. The number of hydrogen-bond donors (Lipinski definition) is 0. The Morgan fingerprint density at radius 3 is 2.15 bits per heavy atom. The van der Waals surface area contributed by atoms with Gasteiger partial charge in [-0.1, -0.05) is 86.0 Å². The van der Waals surface area contributed by atoms with E-state index in [4.69, 9.17) is 0 Å². The third-order valence-electron chi connectivity index (χ3n) is 13.2. The third-order valence-corrected chi connectivity index (χ3v) is 13.2. The van der Waals surface area contributed by atoms with E-state index in [0.717, 1.165) is 53.3 Å². The van der Waals surface area contributed by atoms with Crippen LogP contribution in [0, 0.1) is 64.1 Å². The molecule has 0 radical (unpaired) electrons. The molecule has 0 nitrogen and oxygen atoms in total. The number of fused-ring (bicyclic) bond motifs is 5. The summed E-state index contributed by atoms with van der Waals surface area (Å²) in [5, 5.41) is 0. The summed E-state index contributed by atoms with van der Waals surface area (Å²) in [5.74, 6) is 9.30. The second-order valence-corrected chi connectivity index (χ2v) is 15.1. The molecule has 0 heteroatoms. The lowest BCUT2D eigenvalue weighted by molar-refractivity contribution is -0.125. The average Bonchev–Trinajstić information content (AvgIpc) is 3.16. The van der Waals surface area contributed by atoms with E-state index >= 15 is 0 Å². The van der Waals surface area contributed by atoms with Gasteiger partial charge < -0.3 is 0 Å². The Kier molecular flexibility index (Phi) is 7.33. The highest BCUT2D eigenvalue weighted by atomic mass is 14.7. The largest absolute Gasteiger partial charge is 0.0628 e. The van der Waals surface area contributed by atoms with Crippen molar-refractivity contribution in [1.82, 2.24) is 0 Å². The minimum atomic E-state index is 0.668. The van der Waals surface area contributed by atoms with Crippen LogP contribution in [0.15, 0.2) is 0 Å². The van der Waals surface area contributed by atoms with E-state index in [1.807, 2.05) is 0 Å². The fraction of sp³-hybridized carbons (Fsp3) is 1.00. The number of rotatable bonds is 6. The van der Waals surface area contributed by atoms with Gasteiger partial charge >= 0.3 is 0 Å². The third kappa shape index (κ3) is 4.50. The molecule has 0 N–H and O–H groups in total. The molecule has 0 unspecified atom stereocenters. The Hall–Kier alpha value is 0. The molecule has 0 aromatic rings. The van der Waals surface area contributed by atoms with Crippen molar-refractivity contribution >= 4 is 0 Å². The van der Waals surface area contributed by atoms with E-state index in [-0.39, 0.29) is 0 Å². The highest BCUT2D eigenvalue weighted by Crippen LogP contribution is 2.69. The number of hydrogen-bond acceptors (Lipinski definition) is 0. The molecule has 0 aromatic carbocycles. The van der Waals surface area contributed by atoms with Gasteiger partial charge in [0.05, 0.1) is 0 Å². The molecule has 190 valence electrons. The van der Waals surface area contributed by atoms with Crippen molar-refractivity contribution < 1.29 is 0 Å². The van der Waals surface area contributed by atoms with Crippen LogP contribution in [0.25, 0.3) is 0 Å². The second-order valence-electron chi connectivity index (χ2n) is 15.1. The van der Waals surface area contributed by atoms with Gasteiger partial charge in [-0.05, 0) is 122 Å². The molecule has 0 bridgehead atoms. The minimum absolute atomic E-state index is 0.668. The van der Waals surface area contributed by atoms with Gasteiger partial charge in [-0.15, -0.1) is 0 Å². The summed E-state index contributed by atoms with van der Waals surface area (Å²) in [7, 11) is 0. The van der Waals surface area contributed by atoms with Gasteiger partial charge in [0.1, 0.15) is 0 Å². The first-order chi connectivity index (χ1) is 15.8. The molecule has 5 saturated carbocycles. The molecule has 9 atom stereocenters. The molecule has 0 amide bonds. The van der Waals surface area contributed by atoms with Crippen molar-refractivity contribution in [2.24, 2.45) is 64.1 Å². The van der Waals surface area contributed by atoms with E-state index in [1.165, 1.54) is 38.5 Å². The fourth-order valence-corrected chi connectivity index (χ4v) is 11.3. The predicted molar refractivity (Wildman–Crippen MR) is 143 cm³/mol. The van der Waals surface area contributed by atoms with Crippen LogP contribution in [0.1, 0.15) is 144 Å². The normalized spacial score (nSPS) is 47.1. The lowest BCUT2D eigenvalue weighted by Gasteiger charge is -2.62. The molecular weight excluding hydrogens is 396 g/mol. The van der Waals surface area contributed by atoms with Crippen LogP contribution in [0.4, 0.5) is 0 Å². The average molecular weight is 455 g/mol. The van der Waals surface area contributed by atoms with Crippen LogP contribution in [0.3, 0.4) is 0 Å². The molecule has 33 heavy (non-hydrogen) atoms. The lowest BCUT2D eigenvalue weighted by Crippen LogP contribution is -2.54. The highest BCUT2D eigenvalue weighted by Gasteiger charge is 2.60. The SMILES string of the molecule is CC(C)CCC[C@@H](C)[C@H]1CC[C@H]2[C@@H]3CC[C@H]4C[C@@H](C5CCCCC5)CC[C@]4(C)[C@H]3CC[C@]12C. The van der Waals surface area contributed by atoms with Crippen molar-refractivity contribution in [3.8, 4) is 0 Å². The van der Waals surface area contributed by atoms with Gasteiger partial charge in [0, 0.05) is 0 Å². The summed E-state index contributed by atoms with van der Waals surface area (Å²) in [5.41, 5.74) is 1.36. The van der Waals surface area contributed by atoms with Gasteiger partial charge in [-0.3, -0.25) is 0 Å². The van der Waals surface area contributed by atoms with Crippen LogP contribution >= 0.6 is 0 Å². The van der Waals surface area contributed by atoms with Gasteiger partial charge in [0.2, 0.25) is 0 Å². The predicted octanol–water partition coefficient (Wildman–Crippen LogP) is 10.3. The minimum Gasteiger partial charge on any atom is -0.0628 e. The van der Waals surface area contributed by atoms with Gasteiger partial charge in [0.25, 0.3) is 0 Å². The summed E-state index contributed by atoms with van der Waals surface area (Å²) >= 11 is 0.